The highest BCUT2D eigenvalue weighted by molar-refractivity contribution is 5.89. The van der Waals surface area contributed by atoms with Crippen molar-refractivity contribution in [1.82, 2.24) is 19.6 Å². The molecule has 6 aromatic rings. The molecular formula is C41H44N4O2. The van der Waals surface area contributed by atoms with Gasteiger partial charge in [-0.25, -0.2) is 9.36 Å². The molecule has 2 aliphatic rings. The van der Waals surface area contributed by atoms with Crippen molar-refractivity contribution in [1.29, 1.82) is 0 Å². The summed E-state index contributed by atoms with van der Waals surface area (Å²) in [5.74, 6) is 0. The second-order valence-corrected chi connectivity index (χ2v) is 15.1. The van der Waals surface area contributed by atoms with Crippen LogP contribution in [0.2, 0.25) is 0 Å². The Labute approximate surface area is 277 Å². The Bertz CT molecular complexity index is 1900. The summed E-state index contributed by atoms with van der Waals surface area (Å²) in [6.07, 6.45) is 4.14. The molecule has 6 heteroatoms. The van der Waals surface area contributed by atoms with Gasteiger partial charge in [-0.3, -0.25) is 0 Å². The van der Waals surface area contributed by atoms with Gasteiger partial charge in [0.25, 0.3) is 0 Å². The van der Waals surface area contributed by atoms with Gasteiger partial charge in [-0.15, -0.1) is 0 Å². The second kappa shape index (κ2) is 11.5. The summed E-state index contributed by atoms with van der Waals surface area (Å²) in [4.78, 5) is 0. The number of aromatic nitrogens is 4. The van der Waals surface area contributed by atoms with E-state index in [0.29, 0.717) is 0 Å². The number of rotatable bonds is 8. The van der Waals surface area contributed by atoms with Crippen LogP contribution in [0.15, 0.2) is 97.1 Å². The molecule has 240 valence electrons. The van der Waals surface area contributed by atoms with Crippen LogP contribution < -0.4 is 0 Å². The first-order chi connectivity index (χ1) is 22.7. The zero-order chi connectivity index (χ0) is 32.2. The normalized spacial score (nSPS) is 21.7. The molecule has 2 aromatic heterocycles. The molecule has 0 spiro atoms. The van der Waals surface area contributed by atoms with Gasteiger partial charge in [0.2, 0.25) is 0 Å². The minimum atomic E-state index is -0.505. The molecule has 2 unspecified atom stereocenters. The molecule has 0 N–H and O–H groups in total. The quantitative estimate of drug-likeness (QED) is 0.170. The van der Waals surface area contributed by atoms with Crippen LogP contribution >= 0.6 is 0 Å². The topological polar surface area (TPSA) is 54.1 Å². The minimum absolute atomic E-state index is 0.154. The molecule has 0 radical (unpaired) electrons. The van der Waals surface area contributed by atoms with E-state index in [4.69, 9.17) is 19.7 Å². The first-order valence-corrected chi connectivity index (χ1v) is 17.0. The first-order valence-electron chi connectivity index (χ1n) is 17.0. The summed E-state index contributed by atoms with van der Waals surface area (Å²) < 4.78 is 15.9. The molecule has 2 fully saturated rings. The monoisotopic (exact) mass is 624 g/mol. The first kappa shape index (κ1) is 30.1. The number of hydrogen-bond donors (Lipinski definition) is 0. The van der Waals surface area contributed by atoms with Crippen molar-refractivity contribution < 1.29 is 9.47 Å². The number of benzene rings is 4. The predicted octanol–water partition coefficient (Wildman–Crippen LogP) is 8.63. The third-order valence-corrected chi connectivity index (χ3v) is 10.5. The maximum atomic E-state index is 5.82. The van der Waals surface area contributed by atoms with Crippen molar-refractivity contribution in [2.45, 2.75) is 58.8 Å². The van der Waals surface area contributed by atoms with E-state index in [-0.39, 0.29) is 10.8 Å². The highest BCUT2D eigenvalue weighted by Gasteiger charge is 2.36. The lowest BCUT2D eigenvalue weighted by molar-refractivity contribution is 0.159. The predicted molar refractivity (Wildman–Crippen MR) is 189 cm³/mol. The number of para-hydroxylation sites is 2. The fourth-order valence-electron chi connectivity index (χ4n) is 7.80. The lowest BCUT2D eigenvalue weighted by Crippen LogP contribution is -2.22. The van der Waals surface area contributed by atoms with Gasteiger partial charge < -0.3 is 9.47 Å². The maximum absolute atomic E-state index is 5.82. The van der Waals surface area contributed by atoms with Gasteiger partial charge in [-0.1, -0.05) is 62.4 Å². The molecule has 0 amide bonds. The van der Waals surface area contributed by atoms with Gasteiger partial charge in [-0.2, -0.15) is 10.2 Å². The lowest BCUT2D eigenvalue weighted by Gasteiger charge is -2.23. The van der Waals surface area contributed by atoms with Crippen LogP contribution in [0.3, 0.4) is 0 Å². The van der Waals surface area contributed by atoms with Gasteiger partial charge in [0, 0.05) is 24.0 Å². The molecule has 47 heavy (non-hydrogen) atoms. The molecule has 4 heterocycles. The van der Waals surface area contributed by atoms with Crippen molar-refractivity contribution in [3.05, 3.63) is 120 Å². The van der Waals surface area contributed by atoms with Gasteiger partial charge >= 0.3 is 0 Å². The lowest BCUT2D eigenvalue weighted by atomic mass is 9.80. The van der Waals surface area contributed by atoms with Gasteiger partial charge in [-0.05, 0) is 110 Å². The molecule has 2 aliphatic heterocycles. The second-order valence-electron chi connectivity index (χ2n) is 15.1. The average Bonchev–Trinajstić information content (AvgIpc) is 3.87. The fraction of sp³-hybridized carbons (Fsp3) is 0.366. The van der Waals surface area contributed by atoms with E-state index < -0.39 is 5.41 Å². The van der Waals surface area contributed by atoms with Gasteiger partial charge in [0.1, 0.15) is 0 Å². The van der Waals surface area contributed by atoms with E-state index in [2.05, 4.69) is 134 Å². The molecule has 0 aliphatic carbocycles. The molecular weight excluding hydrogens is 580 g/mol. The van der Waals surface area contributed by atoms with Crippen molar-refractivity contribution in [3.8, 4) is 11.4 Å². The Balaban J connectivity index is 1.32. The van der Waals surface area contributed by atoms with Crippen molar-refractivity contribution in [2.24, 2.45) is 10.8 Å². The van der Waals surface area contributed by atoms with Crippen LogP contribution in [0.4, 0.5) is 0 Å². The third-order valence-electron chi connectivity index (χ3n) is 10.5. The standard InChI is InChI=1S/C41H44N4O2/c1-39(2,37-33-23-29(25-40(3)19-21-46-27-40)15-17-35(33)44(42-37)31-11-7-5-8-12-31)38-34-24-30(26-41(4)20-22-47-28-41)16-18-36(34)45(43-38)32-13-9-6-10-14-32/h5-18,23-24H,19-22,25-28H2,1-4H3. The van der Waals surface area contributed by atoms with Crippen LogP contribution in [0.1, 0.15) is 63.1 Å². The summed E-state index contributed by atoms with van der Waals surface area (Å²) in [7, 11) is 0. The Morgan fingerprint density at radius 2 is 1.04 bits per heavy atom. The number of ether oxygens (including phenoxy) is 2. The van der Waals surface area contributed by atoms with E-state index in [1.54, 1.807) is 0 Å². The zero-order valence-corrected chi connectivity index (χ0v) is 28.0. The van der Waals surface area contributed by atoms with Crippen molar-refractivity contribution >= 4 is 21.8 Å². The zero-order valence-electron chi connectivity index (χ0n) is 28.0. The molecule has 8 rings (SSSR count). The van der Waals surface area contributed by atoms with Crippen LogP contribution in [0.25, 0.3) is 33.2 Å². The van der Waals surface area contributed by atoms with Crippen LogP contribution in [-0.2, 0) is 27.7 Å². The summed E-state index contributed by atoms with van der Waals surface area (Å²) in [5, 5.41) is 13.2. The molecule has 2 saturated heterocycles. The largest absolute Gasteiger partial charge is 0.381 e. The molecule has 0 saturated carbocycles. The minimum Gasteiger partial charge on any atom is -0.381 e. The molecule has 2 atom stereocenters. The summed E-state index contributed by atoms with van der Waals surface area (Å²) in [5.41, 5.74) is 8.84. The Morgan fingerprint density at radius 1 is 0.617 bits per heavy atom. The SMILES string of the molecule is CC1(Cc2ccc3c(c2)c(C(C)(C)c2nn(-c4ccccc4)c4ccc(CC5(C)CCOC5)cc24)nn3-c2ccccc2)CCOC1. The molecule has 0 bridgehead atoms. The van der Waals surface area contributed by atoms with Crippen LogP contribution in [0, 0.1) is 10.8 Å². The fourth-order valence-corrected chi connectivity index (χ4v) is 7.80. The maximum Gasteiger partial charge on any atom is 0.0824 e. The summed E-state index contributed by atoms with van der Waals surface area (Å²) in [6, 6.07) is 34.8. The summed E-state index contributed by atoms with van der Waals surface area (Å²) >= 11 is 0. The number of nitrogens with zero attached hydrogens (tertiary/aromatic N) is 4. The highest BCUT2D eigenvalue weighted by Crippen LogP contribution is 2.42. The van der Waals surface area contributed by atoms with E-state index >= 15 is 0 Å². The average molecular weight is 625 g/mol. The molecule has 6 nitrogen and oxygen atoms in total. The van der Waals surface area contributed by atoms with E-state index in [9.17, 15) is 0 Å². The van der Waals surface area contributed by atoms with E-state index in [1.165, 1.54) is 21.9 Å². The highest BCUT2D eigenvalue weighted by atomic mass is 16.5. The van der Waals surface area contributed by atoms with Crippen LogP contribution in [0.5, 0.6) is 0 Å². The van der Waals surface area contributed by atoms with Crippen LogP contribution in [-0.4, -0.2) is 46.0 Å². The smallest absolute Gasteiger partial charge is 0.0824 e. The van der Waals surface area contributed by atoms with E-state index in [0.717, 1.165) is 85.9 Å². The Kier molecular flexibility index (Phi) is 7.34. The Morgan fingerprint density at radius 3 is 1.43 bits per heavy atom. The third kappa shape index (κ3) is 5.47. The number of hydrogen-bond acceptors (Lipinski definition) is 4. The van der Waals surface area contributed by atoms with Gasteiger partial charge in [0.05, 0.1) is 52.4 Å². The molecule has 4 aromatic carbocycles. The van der Waals surface area contributed by atoms with E-state index in [1.807, 2.05) is 0 Å². The van der Waals surface area contributed by atoms with Crippen molar-refractivity contribution in [2.75, 3.05) is 26.4 Å². The summed E-state index contributed by atoms with van der Waals surface area (Å²) in [6.45, 7) is 12.6. The number of fused-ring (bicyclic) bond motifs is 2. The van der Waals surface area contributed by atoms with Crippen molar-refractivity contribution in [3.63, 3.8) is 0 Å². The Hall–Kier alpha value is -4.26. The van der Waals surface area contributed by atoms with Gasteiger partial charge in [0.15, 0.2) is 0 Å².